The van der Waals surface area contributed by atoms with Gasteiger partial charge in [0.05, 0.1) is 18.1 Å². The Morgan fingerprint density at radius 1 is 1.43 bits per heavy atom. The first kappa shape index (κ1) is 14.3. The number of non-ortho nitro benzene ring substituents is 1. The molecule has 0 aliphatic carbocycles. The van der Waals surface area contributed by atoms with E-state index in [2.05, 4.69) is 5.32 Å². The van der Waals surface area contributed by atoms with Crippen molar-refractivity contribution in [2.75, 3.05) is 14.2 Å². The van der Waals surface area contributed by atoms with Gasteiger partial charge in [0.15, 0.2) is 11.5 Å². The second-order valence-electron chi connectivity index (χ2n) is 4.20. The number of rotatable bonds is 3. The second kappa shape index (κ2) is 5.12. The number of likely N-dealkylation sites (N-methyl/N-ethyl adjacent to an activating group) is 1. The maximum absolute atomic E-state index is 11.7. The van der Waals surface area contributed by atoms with E-state index < -0.39 is 16.9 Å². The Hall–Kier alpha value is -3.10. The highest BCUT2D eigenvalue weighted by molar-refractivity contribution is 6.13. The normalized spacial score (nSPS) is 16.3. The smallest absolute Gasteiger partial charge is 0.328 e. The van der Waals surface area contributed by atoms with Crippen molar-refractivity contribution in [3.8, 4) is 11.5 Å². The van der Waals surface area contributed by atoms with E-state index in [1.165, 1.54) is 14.2 Å². The van der Waals surface area contributed by atoms with Gasteiger partial charge in [0.1, 0.15) is 5.70 Å². The van der Waals surface area contributed by atoms with E-state index in [1.54, 1.807) is 0 Å². The predicted octanol–water partition coefficient (Wildman–Crippen LogP) is 0.831. The van der Waals surface area contributed by atoms with Crippen molar-refractivity contribution >= 4 is 23.7 Å². The summed E-state index contributed by atoms with van der Waals surface area (Å²) in [5.41, 5.74) is -0.429. The van der Waals surface area contributed by atoms with Gasteiger partial charge in [-0.2, -0.15) is 0 Å². The lowest BCUT2D eigenvalue weighted by Gasteiger charge is -2.06. The highest BCUT2D eigenvalue weighted by Crippen LogP contribution is 2.35. The van der Waals surface area contributed by atoms with Crippen molar-refractivity contribution in [3.05, 3.63) is 33.5 Å². The van der Waals surface area contributed by atoms with Crippen molar-refractivity contribution < 1.29 is 24.4 Å². The number of phenols is 1. The van der Waals surface area contributed by atoms with Crippen LogP contribution in [0.25, 0.3) is 6.08 Å². The summed E-state index contributed by atoms with van der Waals surface area (Å²) in [6.45, 7) is 0. The van der Waals surface area contributed by atoms with Crippen molar-refractivity contribution in [1.82, 2.24) is 10.2 Å². The molecule has 1 aromatic rings. The molecule has 1 aromatic carbocycles. The van der Waals surface area contributed by atoms with Gasteiger partial charge in [-0.05, 0) is 6.08 Å². The minimum Gasteiger partial charge on any atom is -0.504 e. The summed E-state index contributed by atoms with van der Waals surface area (Å²) in [6, 6.07) is 1.50. The number of aromatic hydroxyl groups is 1. The van der Waals surface area contributed by atoms with Gasteiger partial charge < -0.3 is 15.2 Å². The van der Waals surface area contributed by atoms with Crippen LogP contribution in [0.15, 0.2) is 17.8 Å². The molecule has 9 nitrogen and oxygen atoms in total. The average Bonchev–Trinajstić information content (AvgIpc) is 2.68. The second-order valence-corrected chi connectivity index (χ2v) is 4.20. The molecule has 0 bridgehead atoms. The number of imide groups is 1. The van der Waals surface area contributed by atoms with Crippen molar-refractivity contribution in [2.45, 2.75) is 0 Å². The third kappa shape index (κ3) is 2.48. The van der Waals surface area contributed by atoms with Crippen LogP contribution in [-0.4, -0.2) is 41.0 Å². The van der Waals surface area contributed by atoms with Gasteiger partial charge in [-0.25, -0.2) is 4.79 Å². The van der Waals surface area contributed by atoms with Crippen LogP contribution in [-0.2, 0) is 4.79 Å². The Kier molecular flexibility index (Phi) is 3.49. The lowest BCUT2D eigenvalue weighted by Crippen LogP contribution is -2.25. The molecule has 0 spiro atoms. The molecule has 1 aliphatic rings. The highest BCUT2D eigenvalue weighted by atomic mass is 16.6. The summed E-state index contributed by atoms with van der Waals surface area (Å²) in [4.78, 5) is 34.1. The molecule has 1 fully saturated rings. The van der Waals surface area contributed by atoms with E-state index in [-0.39, 0.29) is 28.4 Å². The number of nitro groups is 1. The van der Waals surface area contributed by atoms with Crippen LogP contribution in [0.4, 0.5) is 10.5 Å². The molecule has 0 atom stereocenters. The Bertz CT molecular complexity index is 682. The Labute approximate surface area is 118 Å². The molecule has 1 saturated heterocycles. The summed E-state index contributed by atoms with van der Waals surface area (Å²) in [7, 11) is 2.53. The zero-order valence-electron chi connectivity index (χ0n) is 11.1. The molecule has 0 saturated carbocycles. The molecule has 9 heteroatoms. The van der Waals surface area contributed by atoms with Crippen LogP contribution < -0.4 is 10.1 Å². The van der Waals surface area contributed by atoms with E-state index in [0.29, 0.717) is 0 Å². The molecule has 0 radical (unpaired) electrons. The first-order chi connectivity index (χ1) is 9.85. The number of hydrogen-bond acceptors (Lipinski definition) is 6. The first-order valence-corrected chi connectivity index (χ1v) is 5.71. The predicted molar refractivity (Wildman–Crippen MR) is 70.6 cm³/mol. The van der Waals surface area contributed by atoms with Crippen LogP contribution in [0.5, 0.6) is 11.5 Å². The number of nitro benzene ring substituents is 1. The van der Waals surface area contributed by atoms with Gasteiger partial charge in [-0.15, -0.1) is 0 Å². The lowest BCUT2D eigenvalue weighted by atomic mass is 10.1. The number of amides is 3. The third-order valence-electron chi connectivity index (χ3n) is 2.90. The maximum Gasteiger partial charge on any atom is 0.328 e. The van der Waals surface area contributed by atoms with E-state index in [0.717, 1.165) is 23.1 Å². The minimum absolute atomic E-state index is 0.0139. The number of urea groups is 1. The highest BCUT2D eigenvalue weighted by Gasteiger charge is 2.30. The number of carbonyl (C=O) groups is 2. The Morgan fingerprint density at radius 2 is 2.10 bits per heavy atom. The summed E-state index contributed by atoms with van der Waals surface area (Å²) >= 11 is 0. The molecule has 0 unspecified atom stereocenters. The fourth-order valence-corrected chi connectivity index (χ4v) is 1.76. The fraction of sp³-hybridized carbons (Fsp3) is 0.167. The standard InChI is InChI=1S/C12H11N3O6/c1-14-11(17)8(13-12(14)18)4-6-3-7(15(19)20)5-9(21-2)10(6)16/h3-5,16H,1-2H3,(H,13,18)/b8-4+. The maximum atomic E-state index is 11.7. The summed E-state index contributed by atoms with van der Waals surface area (Å²) in [5, 5.41) is 23.1. The number of nitrogens with zero attached hydrogens (tertiary/aromatic N) is 2. The average molecular weight is 293 g/mol. The molecule has 21 heavy (non-hydrogen) atoms. The van der Waals surface area contributed by atoms with Crippen LogP contribution >= 0.6 is 0 Å². The summed E-state index contributed by atoms with van der Waals surface area (Å²) < 4.78 is 4.84. The van der Waals surface area contributed by atoms with Crippen LogP contribution in [0.1, 0.15) is 5.56 Å². The topological polar surface area (TPSA) is 122 Å². The molecule has 1 heterocycles. The fourth-order valence-electron chi connectivity index (χ4n) is 1.76. The van der Waals surface area contributed by atoms with Gasteiger partial charge in [-0.3, -0.25) is 19.8 Å². The van der Waals surface area contributed by atoms with Gasteiger partial charge >= 0.3 is 6.03 Å². The van der Waals surface area contributed by atoms with E-state index in [9.17, 15) is 24.8 Å². The van der Waals surface area contributed by atoms with Crippen LogP contribution in [0.3, 0.4) is 0 Å². The van der Waals surface area contributed by atoms with Crippen LogP contribution in [0, 0.1) is 10.1 Å². The first-order valence-electron chi connectivity index (χ1n) is 5.71. The number of phenolic OH excluding ortho intramolecular Hbond substituents is 1. The number of methoxy groups -OCH3 is 1. The lowest BCUT2D eigenvalue weighted by molar-refractivity contribution is -0.385. The van der Waals surface area contributed by atoms with E-state index in [4.69, 9.17) is 4.74 Å². The summed E-state index contributed by atoms with van der Waals surface area (Å²) in [6.07, 6.45) is 1.15. The Balaban J connectivity index is 2.54. The van der Waals surface area contributed by atoms with Gasteiger partial charge in [-0.1, -0.05) is 0 Å². The zero-order chi connectivity index (χ0) is 15.7. The largest absolute Gasteiger partial charge is 0.504 e. The number of benzene rings is 1. The van der Waals surface area contributed by atoms with Gasteiger partial charge in [0.2, 0.25) is 0 Å². The molecule has 2 N–H and O–H groups in total. The molecule has 3 amide bonds. The molecular weight excluding hydrogens is 282 g/mol. The minimum atomic E-state index is -0.662. The molecule has 1 aliphatic heterocycles. The SMILES string of the molecule is COc1cc([N+](=O)[O-])cc(/C=C2/NC(=O)N(C)C2=O)c1O. The number of carbonyl (C=O) groups excluding carboxylic acids is 2. The van der Waals surface area contributed by atoms with Gasteiger partial charge in [0, 0.05) is 18.7 Å². The quantitative estimate of drug-likeness (QED) is 0.368. The van der Waals surface area contributed by atoms with E-state index in [1.807, 2.05) is 0 Å². The van der Waals surface area contributed by atoms with Gasteiger partial charge in [0.25, 0.3) is 11.6 Å². The third-order valence-corrected chi connectivity index (χ3v) is 2.90. The monoisotopic (exact) mass is 293 g/mol. The number of nitrogens with one attached hydrogen (secondary N) is 1. The molecule has 0 aromatic heterocycles. The molecule has 2 rings (SSSR count). The number of hydrogen-bond donors (Lipinski definition) is 2. The van der Waals surface area contributed by atoms with Crippen molar-refractivity contribution in [1.29, 1.82) is 0 Å². The molecule has 110 valence electrons. The summed E-state index contributed by atoms with van der Waals surface area (Å²) in [5.74, 6) is -1.08. The zero-order valence-corrected chi connectivity index (χ0v) is 11.1. The van der Waals surface area contributed by atoms with Crippen LogP contribution in [0.2, 0.25) is 0 Å². The Morgan fingerprint density at radius 3 is 2.57 bits per heavy atom. The van der Waals surface area contributed by atoms with E-state index >= 15 is 0 Å². The number of ether oxygens (including phenoxy) is 1. The molecular formula is C12H11N3O6. The van der Waals surface area contributed by atoms with Crippen molar-refractivity contribution in [3.63, 3.8) is 0 Å². The van der Waals surface area contributed by atoms with Crippen molar-refractivity contribution in [2.24, 2.45) is 0 Å².